The summed E-state index contributed by atoms with van der Waals surface area (Å²) in [5.41, 5.74) is 1.59. The molecule has 3 aromatic rings. The summed E-state index contributed by atoms with van der Waals surface area (Å²) in [5.74, 6) is 1.12. The number of thiophene rings is 1. The van der Waals surface area contributed by atoms with Crippen LogP contribution in [0.25, 0.3) is 0 Å². The molecule has 0 aliphatic heterocycles. The molecular weight excluding hydrogens is 460 g/mol. The Morgan fingerprint density at radius 1 is 1.00 bits per heavy atom. The Balaban J connectivity index is 1.73. The predicted octanol–water partition coefficient (Wildman–Crippen LogP) is 5.14. The van der Waals surface area contributed by atoms with Gasteiger partial charge in [0, 0.05) is 16.5 Å². The largest absolute Gasteiger partial charge is 0.497 e. The van der Waals surface area contributed by atoms with Crippen molar-refractivity contribution in [2.75, 3.05) is 14.2 Å². The van der Waals surface area contributed by atoms with Gasteiger partial charge in [0.2, 0.25) is 11.8 Å². The molecule has 1 aromatic heterocycles. The second-order valence-electron chi connectivity index (χ2n) is 8.76. The van der Waals surface area contributed by atoms with Crippen LogP contribution in [-0.4, -0.2) is 37.0 Å². The average molecular weight is 493 g/mol. The molecule has 0 bridgehead atoms. The summed E-state index contributed by atoms with van der Waals surface area (Å²) in [4.78, 5) is 30.2. The van der Waals surface area contributed by atoms with E-state index < -0.39 is 6.04 Å². The second-order valence-corrected chi connectivity index (χ2v) is 9.79. The van der Waals surface area contributed by atoms with E-state index in [0.717, 1.165) is 41.7 Å². The molecule has 7 heteroatoms. The normalized spacial score (nSPS) is 14.3. The van der Waals surface area contributed by atoms with Crippen molar-refractivity contribution in [3.63, 3.8) is 0 Å². The lowest BCUT2D eigenvalue weighted by molar-refractivity contribution is -0.141. The lowest BCUT2D eigenvalue weighted by Crippen LogP contribution is -2.46. The summed E-state index contributed by atoms with van der Waals surface area (Å²) in [7, 11) is 3.22. The lowest BCUT2D eigenvalue weighted by Gasteiger charge is -2.33. The molecule has 1 aliphatic rings. The number of rotatable bonds is 10. The molecule has 0 spiro atoms. The SMILES string of the molecule is COc1ccc([C@@H](C(=O)NC2CCCC2)N(Cc2ccccc2OC)C(=O)Cc2cccs2)cc1. The van der Waals surface area contributed by atoms with Gasteiger partial charge in [-0.25, -0.2) is 0 Å². The van der Waals surface area contributed by atoms with Crippen molar-refractivity contribution in [1.82, 2.24) is 10.2 Å². The van der Waals surface area contributed by atoms with E-state index in [1.165, 1.54) is 0 Å². The Hall–Kier alpha value is -3.32. The number of carbonyl (C=O) groups excluding carboxylic acids is 2. The van der Waals surface area contributed by atoms with E-state index in [0.29, 0.717) is 11.5 Å². The zero-order valence-electron chi connectivity index (χ0n) is 20.2. The maximum atomic E-state index is 13.8. The van der Waals surface area contributed by atoms with Gasteiger partial charge in [-0.05, 0) is 48.1 Å². The Kier molecular flexibility index (Phi) is 8.42. The molecular formula is C28H32N2O4S. The molecule has 1 fully saturated rings. The maximum absolute atomic E-state index is 13.8. The van der Waals surface area contributed by atoms with Crippen molar-refractivity contribution >= 4 is 23.2 Å². The highest BCUT2D eigenvalue weighted by atomic mass is 32.1. The lowest BCUT2D eigenvalue weighted by atomic mass is 10.0. The van der Waals surface area contributed by atoms with Gasteiger partial charge in [0.05, 0.1) is 27.2 Å². The zero-order chi connectivity index (χ0) is 24.6. The molecule has 1 atom stereocenters. The number of benzene rings is 2. The van der Waals surface area contributed by atoms with E-state index in [1.807, 2.05) is 66.0 Å². The number of amides is 2. The molecule has 1 N–H and O–H groups in total. The molecule has 2 aromatic carbocycles. The van der Waals surface area contributed by atoms with Crippen LogP contribution in [0.5, 0.6) is 11.5 Å². The summed E-state index contributed by atoms with van der Waals surface area (Å²) < 4.78 is 10.9. The number of para-hydroxylation sites is 1. The van der Waals surface area contributed by atoms with Gasteiger partial charge < -0.3 is 19.7 Å². The molecule has 2 amide bonds. The molecule has 1 aliphatic carbocycles. The number of nitrogens with one attached hydrogen (secondary N) is 1. The molecule has 35 heavy (non-hydrogen) atoms. The topological polar surface area (TPSA) is 67.9 Å². The first kappa shape index (κ1) is 24.8. The van der Waals surface area contributed by atoms with Crippen LogP contribution < -0.4 is 14.8 Å². The Morgan fingerprint density at radius 2 is 1.74 bits per heavy atom. The summed E-state index contributed by atoms with van der Waals surface area (Å²) in [6, 6.07) is 18.3. The van der Waals surface area contributed by atoms with E-state index in [1.54, 1.807) is 30.5 Å². The highest BCUT2D eigenvalue weighted by molar-refractivity contribution is 7.10. The first-order chi connectivity index (χ1) is 17.1. The van der Waals surface area contributed by atoms with Crippen LogP contribution >= 0.6 is 11.3 Å². The Morgan fingerprint density at radius 3 is 2.40 bits per heavy atom. The minimum absolute atomic E-state index is 0.110. The van der Waals surface area contributed by atoms with Crippen molar-refractivity contribution in [1.29, 1.82) is 0 Å². The number of nitrogens with zero attached hydrogens (tertiary/aromatic N) is 1. The molecule has 184 valence electrons. The molecule has 6 nitrogen and oxygen atoms in total. The monoisotopic (exact) mass is 492 g/mol. The van der Waals surface area contributed by atoms with Gasteiger partial charge in [-0.3, -0.25) is 9.59 Å². The van der Waals surface area contributed by atoms with Crippen LogP contribution in [0, 0.1) is 0 Å². The minimum Gasteiger partial charge on any atom is -0.497 e. The third-order valence-electron chi connectivity index (χ3n) is 6.45. The highest BCUT2D eigenvalue weighted by Crippen LogP contribution is 2.30. The fraction of sp³-hybridized carbons (Fsp3) is 0.357. The molecule has 0 unspecified atom stereocenters. The van der Waals surface area contributed by atoms with Gasteiger partial charge in [0.15, 0.2) is 0 Å². The van der Waals surface area contributed by atoms with Crippen molar-refractivity contribution in [2.24, 2.45) is 0 Å². The standard InChI is InChI=1S/C28H32N2O4S/c1-33-23-15-13-20(14-16-23)27(28(32)29-22-9-4-5-10-22)30(26(31)18-24-11-7-17-35-24)19-21-8-3-6-12-25(21)34-2/h3,6-8,11-17,22,27H,4-5,9-10,18-19H2,1-2H3,(H,29,32)/t27-/m0/s1. The van der Waals surface area contributed by atoms with Crippen molar-refractivity contribution in [2.45, 2.75) is 50.7 Å². The number of hydrogen-bond acceptors (Lipinski definition) is 5. The molecule has 1 heterocycles. The predicted molar refractivity (Wildman–Crippen MR) is 138 cm³/mol. The molecule has 0 radical (unpaired) electrons. The minimum atomic E-state index is -0.779. The van der Waals surface area contributed by atoms with Gasteiger partial charge in [-0.15, -0.1) is 11.3 Å². The first-order valence-corrected chi connectivity index (χ1v) is 12.8. The van der Waals surface area contributed by atoms with Gasteiger partial charge in [-0.2, -0.15) is 0 Å². The summed E-state index contributed by atoms with van der Waals surface area (Å²) in [6.45, 7) is 0.253. The summed E-state index contributed by atoms with van der Waals surface area (Å²) in [5, 5.41) is 5.18. The van der Waals surface area contributed by atoms with Crippen LogP contribution in [-0.2, 0) is 22.6 Å². The van der Waals surface area contributed by atoms with E-state index in [9.17, 15) is 9.59 Å². The second kappa shape index (κ2) is 11.9. The van der Waals surface area contributed by atoms with Crippen molar-refractivity contribution in [3.05, 3.63) is 82.0 Å². The van der Waals surface area contributed by atoms with Crippen LogP contribution in [0.1, 0.15) is 47.7 Å². The fourth-order valence-electron chi connectivity index (χ4n) is 4.61. The van der Waals surface area contributed by atoms with E-state index >= 15 is 0 Å². The maximum Gasteiger partial charge on any atom is 0.247 e. The summed E-state index contributed by atoms with van der Waals surface area (Å²) in [6.07, 6.45) is 4.39. The third kappa shape index (κ3) is 6.22. The van der Waals surface area contributed by atoms with Crippen LogP contribution in [0.3, 0.4) is 0 Å². The van der Waals surface area contributed by atoms with Gasteiger partial charge >= 0.3 is 0 Å². The van der Waals surface area contributed by atoms with E-state index in [4.69, 9.17) is 9.47 Å². The van der Waals surface area contributed by atoms with Gasteiger partial charge in [-0.1, -0.05) is 49.2 Å². The van der Waals surface area contributed by atoms with Crippen molar-refractivity contribution < 1.29 is 19.1 Å². The fourth-order valence-corrected chi connectivity index (χ4v) is 5.31. The number of methoxy groups -OCH3 is 2. The zero-order valence-corrected chi connectivity index (χ0v) is 21.1. The number of ether oxygens (including phenoxy) is 2. The van der Waals surface area contributed by atoms with Gasteiger partial charge in [0.1, 0.15) is 17.5 Å². The highest BCUT2D eigenvalue weighted by Gasteiger charge is 2.33. The van der Waals surface area contributed by atoms with E-state index in [2.05, 4.69) is 5.32 Å². The van der Waals surface area contributed by atoms with Crippen LogP contribution in [0.4, 0.5) is 0 Å². The molecule has 0 saturated heterocycles. The Labute approximate surface area is 210 Å². The smallest absolute Gasteiger partial charge is 0.247 e. The average Bonchev–Trinajstić information content (AvgIpc) is 3.59. The van der Waals surface area contributed by atoms with E-state index in [-0.39, 0.29) is 30.8 Å². The number of hydrogen-bond donors (Lipinski definition) is 1. The first-order valence-electron chi connectivity index (χ1n) is 12.0. The Bertz CT molecular complexity index is 1110. The summed E-state index contributed by atoms with van der Waals surface area (Å²) >= 11 is 1.54. The third-order valence-corrected chi connectivity index (χ3v) is 7.33. The molecule has 4 rings (SSSR count). The van der Waals surface area contributed by atoms with Gasteiger partial charge in [0.25, 0.3) is 0 Å². The quantitative estimate of drug-likeness (QED) is 0.426. The molecule has 1 saturated carbocycles. The van der Waals surface area contributed by atoms with Crippen LogP contribution in [0.15, 0.2) is 66.0 Å². The van der Waals surface area contributed by atoms with Crippen LogP contribution in [0.2, 0.25) is 0 Å². The number of carbonyl (C=O) groups is 2. The van der Waals surface area contributed by atoms with Crippen molar-refractivity contribution in [3.8, 4) is 11.5 Å².